The van der Waals surface area contributed by atoms with Gasteiger partial charge in [0.1, 0.15) is 11.6 Å². The van der Waals surface area contributed by atoms with E-state index in [1.807, 2.05) is 0 Å². The molecule has 26 heavy (non-hydrogen) atoms. The number of halogens is 2. The standard InChI is InChI=1S/C19H25F2NO3S/c20-15-6-7-16(17(21)12-15)19(8-2-1-3-9-19)22-18(23)11-14-5-4-10-26(24,25)13-14/h6-7,12,14H,1-5,8-11,13H2,(H,22,23)/t14-/m1/s1. The molecule has 1 atom stereocenters. The van der Waals surface area contributed by atoms with E-state index in [-0.39, 0.29) is 29.8 Å². The molecule has 7 heteroatoms. The Hall–Kier alpha value is -1.50. The maximum atomic E-state index is 14.4. The van der Waals surface area contributed by atoms with E-state index in [0.29, 0.717) is 31.2 Å². The number of hydrogen-bond acceptors (Lipinski definition) is 3. The fraction of sp³-hybridized carbons (Fsp3) is 0.632. The van der Waals surface area contributed by atoms with E-state index < -0.39 is 27.0 Å². The van der Waals surface area contributed by atoms with Crippen LogP contribution in [0.3, 0.4) is 0 Å². The molecule has 2 fully saturated rings. The molecule has 1 N–H and O–H groups in total. The lowest BCUT2D eigenvalue weighted by Gasteiger charge is -2.39. The molecule has 1 aromatic rings. The summed E-state index contributed by atoms with van der Waals surface area (Å²) in [4.78, 5) is 12.6. The molecule has 144 valence electrons. The van der Waals surface area contributed by atoms with Gasteiger partial charge in [-0.2, -0.15) is 0 Å². The first-order chi connectivity index (χ1) is 12.3. The number of rotatable bonds is 4. The van der Waals surface area contributed by atoms with Crippen LogP contribution in [-0.4, -0.2) is 25.8 Å². The Morgan fingerprint density at radius 1 is 1.15 bits per heavy atom. The molecule has 2 aliphatic rings. The van der Waals surface area contributed by atoms with E-state index in [4.69, 9.17) is 0 Å². The van der Waals surface area contributed by atoms with E-state index in [1.165, 1.54) is 12.1 Å². The lowest BCUT2D eigenvalue weighted by molar-refractivity contribution is -0.124. The lowest BCUT2D eigenvalue weighted by atomic mass is 9.76. The molecule has 0 spiro atoms. The number of carbonyl (C=O) groups is 1. The van der Waals surface area contributed by atoms with Gasteiger partial charge < -0.3 is 5.32 Å². The molecule has 1 amide bonds. The van der Waals surface area contributed by atoms with Crippen LogP contribution in [0.25, 0.3) is 0 Å². The second-order valence-corrected chi connectivity index (χ2v) is 9.87. The van der Waals surface area contributed by atoms with E-state index >= 15 is 0 Å². The van der Waals surface area contributed by atoms with Gasteiger partial charge in [0, 0.05) is 18.1 Å². The summed E-state index contributed by atoms with van der Waals surface area (Å²) in [7, 11) is -3.07. The van der Waals surface area contributed by atoms with Crippen LogP contribution >= 0.6 is 0 Å². The number of benzene rings is 1. The van der Waals surface area contributed by atoms with Gasteiger partial charge in [0.15, 0.2) is 9.84 Å². The van der Waals surface area contributed by atoms with Crippen LogP contribution < -0.4 is 5.32 Å². The number of nitrogens with one attached hydrogen (secondary N) is 1. The van der Waals surface area contributed by atoms with Crippen molar-refractivity contribution in [2.75, 3.05) is 11.5 Å². The smallest absolute Gasteiger partial charge is 0.221 e. The van der Waals surface area contributed by atoms with Crippen molar-refractivity contribution in [3.8, 4) is 0 Å². The zero-order chi connectivity index (χ0) is 18.8. The first kappa shape index (κ1) is 19.3. The molecule has 0 aromatic heterocycles. The quantitative estimate of drug-likeness (QED) is 0.863. The number of sulfone groups is 1. The predicted molar refractivity (Wildman–Crippen MR) is 95.3 cm³/mol. The first-order valence-corrected chi connectivity index (χ1v) is 11.1. The topological polar surface area (TPSA) is 63.2 Å². The molecule has 1 aliphatic heterocycles. The molecule has 1 saturated heterocycles. The SMILES string of the molecule is O=C(C[C@H]1CCCS(=O)(=O)C1)NC1(c2ccc(F)cc2F)CCCCC1. The minimum absolute atomic E-state index is 0.0400. The van der Waals surface area contributed by atoms with Crippen molar-refractivity contribution in [2.45, 2.75) is 56.9 Å². The minimum atomic E-state index is -3.07. The van der Waals surface area contributed by atoms with Crippen LogP contribution in [0.1, 0.15) is 56.9 Å². The maximum absolute atomic E-state index is 14.4. The van der Waals surface area contributed by atoms with Crippen molar-refractivity contribution in [2.24, 2.45) is 5.92 Å². The summed E-state index contributed by atoms with van der Waals surface area (Å²) in [5.41, 5.74) is -0.510. The van der Waals surface area contributed by atoms with Crippen molar-refractivity contribution >= 4 is 15.7 Å². The van der Waals surface area contributed by atoms with Crippen LogP contribution in [0.2, 0.25) is 0 Å². The molecule has 1 saturated carbocycles. The van der Waals surface area contributed by atoms with Gasteiger partial charge in [0.05, 0.1) is 17.0 Å². The molecule has 1 aliphatic carbocycles. The Morgan fingerprint density at radius 3 is 2.54 bits per heavy atom. The van der Waals surface area contributed by atoms with Crippen molar-refractivity contribution < 1.29 is 22.0 Å². The number of hydrogen-bond donors (Lipinski definition) is 1. The normalized spacial score (nSPS) is 24.8. The fourth-order valence-corrected chi connectivity index (χ4v) is 6.13. The third-order valence-electron chi connectivity index (χ3n) is 5.56. The van der Waals surface area contributed by atoms with Gasteiger partial charge in [-0.25, -0.2) is 17.2 Å². The largest absolute Gasteiger partial charge is 0.346 e. The van der Waals surface area contributed by atoms with E-state index in [9.17, 15) is 22.0 Å². The molecule has 0 bridgehead atoms. The van der Waals surface area contributed by atoms with Gasteiger partial charge in [-0.05, 0) is 37.7 Å². The third kappa shape index (κ3) is 4.42. The average Bonchev–Trinajstić information content (AvgIpc) is 2.54. The Morgan fingerprint density at radius 2 is 1.88 bits per heavy atom. The van der Waals surface area contributed by atoms with Crippen LogP contribution in [0.15, 0.2) is 18.2 Å². The summed E-state index contributed by atoms with van der Waals surface area (Å²) >= 11 is 0. The third-order valence-corrected chi connectivity index (χ3v) is 7.45. The Kier molecular flexibility index (Phi) is 5.65. The van der Waals surface area contributed by atoms with Gasteiger partial charge in [-0.1, -0.05) is 25.3 Å². The van der Waals surface area contributed by atoms with Gasteiger partial charge in [0.25, 0.3) is 0 Å². The summed E-state index contributed by atoms with van der Waals surface area (Å²) in [5, 5.41) is 2.99. The lowest BCUT2D eigenvalue weighted by Crippen LogP contribution is -2.48. The van der Waals surface area contributed by atoms with Crippen LogP contribution in [0.4, 0.5) is 8.78 Å². The minimum Gasteiger partial charge on any atom is -0.346 e. The molecule has 1 aromatic carbocycles. The van der Waals surface area contributed by atoms with Gasteiger partial charge in [-0.15, -0.1) is 0 Å². The Labute approximate surface area is 153 Å². The van der Waals surface area contributed by atoms with E-state index in [1.54, 1.807) is 0 Å². The number of carbonyl (C=O) groups excluding carboxylic acids is 1. The summed E-state index contributed by atoms with van der Waals surface area (Å²) in [6, 6.07) is 3.49. The molecule has 1 heterocycles. The highest BCUT2D eigenvalue weighted by Gasteiger charge is 2.38. The van der Waals surface area contributed by atoms with Gasteiger partial charge >= 0.3 is 0 Å². The van der Waals surface area contributed by atoms with Crippen LogP contribution in [-0.2, 0) is 20.2 Å². The highest BCUT2D eigenvalue weighted by atomic mass is 32.2. The Balaban J connectivity index is 1.77. The van der Waals surface area contributed by atoms with E-state index in [0.717, 1.165) is 25.3 Å². The van der Waals surface area contributed by atoms with Crippen LogP contribution in [0, 0.1) is 17.6 Å². The zero-order valence-electron chi connectivity index (χ0n) is 14.8. The predicted octanol–water partition coefficient (Wildman–Crippen LogP) is 3.46. The second-order valence-electron chi connectivity index (χ2n) is 7.64. The summed E-state index contributed by atoms with van der Waals surface area (Å²) < 4.78 is 51.3. The van der Waals surface area contributed by atoms with Crippen molar-refractivity contribution in [1.82, 2.24) is 5.32 Å². The summed E-state index contributed by atoms with van der Waals surface area (Å²) in [6.45, 7) is 0. The monoisotopic (exact) mass is 385 g/mol. The first-order valence-electron chi connectivity index (χ1n) is 9.27. The maximum Gasteiger partial charge on any atom is 0.221 e. The zero-order valence-corrected chi connectivity index (χ0v) is 15.6. The molecule has 4 nitrogen and oxygen atoms in total. The Bertz CT molecular complexity index is 773. The van der Waals surface area contributed by atoms with Crippen molar-refractivity contribution in [3.63, 3.8) is 0 Å². The highest BCUT2D eigenvalue weighted by molar-refractivity contribution is 7.91. The van der Waals surface area contributed by atoms with Crippen molar-refractivity contribution in [1.29, 1.82) is 0 Å². The van der Waals surface area contributed by atoms with Gasteiger partial charge in [-0.3, -0.25) is 4.79 Å². The number of amides is 1. The molecule has 3 rings (SSSR count). The van der Waals surface area contributed by atoms with Crippen LogP contribution in [0.5, 0.6) is 0 Å². The van der Waals surface area contributed by atoms with E-state index in [2.05, 4.69) is 5.32 Å². The highest BCUT2D eigenvalue weighted by Crippen LogP contribution is 2.39. The second kappa shape index (κ2) is 7.62. The summed E-state index contributed by atoms with van der Waals surface area (Å²) in [6.07, 6.45) is 5.35. The average molecular weight is 385 g/mol. The fourth-order valence-electron chi connectivity index (χ4n) is 4.35. The van der Waals surface area contributed by atoms with Crippen molar-refractivity contribution in [3.05, 3.63) is 35.4 Å². The molecule has 0 radical (unpaired) electrons. The molecule has 0 unspecified atom stereocenters. The molecular weight excluding hydrogens is 360 g/mol. The van der Waals surface area contributed by atoms with Gasteiger partial charge in [0.2, 0.25) is 5.91 Å². The molecular formula is C19H25F2NO3S. The summed E-state index contributed by atoms with van der Waals surface area (Å²) in [5.74, 6) is -1.50.